The zero-order valence-corrected chi connectivity index (χ0v) is 9.29. The third kappa shape index (κ3) is 2.49. The molecular weight excluding hydrogens is 200 g/mol. The molecule has 15 heavy (non-hydrogen) atoms. The normalized spacial score (nSPS) is 43.0. The summed E-state index contributed by atoms with van der Waals surface area (Å²) in [5.41, 5.74) is -0.367. The second-order valence-corrected chi connectivity index (χ2v) is 5.12. The van der Waals surface area contributed by atoms with Gasteiger partial charge in [-0.1, -0.05) is 20.8 Å². The maximum Gasteiger partial charge on any atom is 0.111 e. The van der Waals surface area contributed by atoms with Crippen LogP contribution in [0.2, 0.25) is 0 Å². The summed E-state index contributed by atoms with van der Waals surface area (Å²) in [5, 5.41) is 37.8. The van der Waals surface area contributed by atoms with Crippen LogP contribution in [0.25, 0.3) is 0 Å². The van der Waals surface area contributed by atoms with Crippen molar-refractivity contribution in [1.82, 2.24) is 0 Å². The SMILES string of the molecule is CC(C)(C)[C@H]1OC(CO)C(O)C(O)C1O. The molecule has 1 aliphatic rings. The fraction of sp³-hybridized carbons (Fsp3) is 1.00. The van der Waals surface area contributed by atoms with Crippen LogP contribution in [-0.2, 0) is 4.74 Å². The van der Waals surface area contributed by atoms with Gasteiger partial charge in [0.2, 0.25) is 0 Å². The fourth-order valence-electron chi connectivity index (χ4n) is 1.82. The fourth-order valence-corrected chi connectivity index (χ4v) is 1.82. The molecule has 0 aromatic rings. The van der Waals surface area contributed by atoms with Gasteiger partial charge in [-0.25, -0.2) is 0 Å². The third-order valence-electron chi connectivity index (χ3n) is 2.75. The molecule has 5 heteroatoms. The van der Waals surface area contributed by atoms with Crippen molar-refractivity contribution in [3.8, 4) is 0 Å². The molecule has 5 nitrogen and oxygen atoms in total. The number of rotatable bonds is 1. The first kappa shape index (κ1) is 12.9. The van der Waals surface area contributed by atoms with E-state index in [0.29, 0.717) is 0 Å². The van der Waals surface area contributed by atoms with Crippen molar-refractivity contribution in [3.63, 3.8) is 0 Å². The molecule has 0 spiro atoms. The second kappa shape index (κ2) is 4.35. The quantitative estimate of drug-likeness (QED) is 0.449. The predicted molar refractivity (Wildman–Crippen MR) is 53.2 cm³/mol. The van der Waals surface area contributed by atoms with Crippen LogP contribution in [0.15, 0.2) is 0 Å². The summed E-state index contributed by atoms with van der Waals surface area (Å²) in [4.78, 5) is 0. The number of aliphatic hydroxyl groups excluding tert-OH is 4. The molecule has 0 amide bonds. The predicted octanol–water partition coefficient (Wildman–Crippen LogP) is -1.13. The number of aliphatic hydroxyl groups is 4. The summed E-state index contributed by atoms with van der Waals surface area (Å²) in [6.07, 6.45) is -5.10. The monoisotopic (exact) mass is 220 g/mol. The smallest absolute Gasteiger partial charge is 0.111 e. The second-order valence-electron chi connectivity index (χ2n) is 5.12. The first-order chi connectivity index (χ1) is 6.79. The molecule has 1 saturated heterocycles. The van der Waals surface area contributed by atoms with E-state index in [1.807, 2.05) is 20.8 Å². The average Bonchev–Trinajstić information content (AvgIpc) is 2.13. The molecule has 0 bridgehead atoms. The molecule has 4 N–H and O–H groups in total. The zero-order chi connectivity index (χ0) is 11.8. The highest BCUT2D eigenvalue weighted by Crippen LogP contribution is 2.32. The molecule has 5 atom stereocenters. The van der Waals surface area contributed by atoms with E-state index >= 15 is 0 Å². The summed E-state index contributed by atoms with van der Waals surface area (Å²) < 4.78 is 5.38. The summed E-state index contributed by atoms with van der Waals surface area (Å²) in [5.74, 6) is 0. The van der Waals surface area contributed by atoms with Gasteiger partial charge in [-0.15, -0.1) is 0 Å². The Hall–Kier alpha value is -0.200. The van der Waals surface area contributed by atoms with Crippen LogP contribution >= 0.6 is 0 Å². The van der Waals surface area contributed by atoms with E-state index < -0.39 is 30.5 Å². The van der Waals surface area contributed by atoms with Crippen molar-refractivity contribution >= 4 is 0 Å². The molecule has 1 aliphatic heterocycles. The van der Waals surface area contributed by atoms with Crippen molar-refractivity contribution in [2.75, 3.05) is 6.61 Å². The highest BCUT2D eigenvalue weighted by Gasteiger charge is 2.47. The van der Waals surface area contributed by atoms with Gasteiger partial charge in [0.05, 0.1) is 12.7 Å². The first-order valence-corrected chi connectivity index (χ1v) is 5.09. The lowest BCUT2D eigenvalue weighted by Gasteiger charge is -2.45. The van der Waals surface area contributed by atoms with E-state index in [4.69, 9.17) is 9.84 Å². The minimum absolute atomic E-state index is 0.367. The zero-order valence-electron chi connectivity index (χ0n) is 9.29. The van der Waals surface area contributed by atoms with E-state index in [0.717, 1.165) is 0 Å². The number of hydrogen-bond donors (Lipinski definition) is 4. The van der Waals surface area contributed by atoms with Crippen LogP contribution in [-0.4, -0.2) is 57.6 Å². The molecule has 0 aromatic heterocycles. The molecule has 0 radical (unpaired) electrons. The Balaban J connectivity index is 2.83. The third-order valence-corrected chi connectivity index (χ3v) is 2.75. The van der Waals surface area contributed by atoms with Crippen molar-refractivity contribution in [2.24, 2.45) is 5.41 Å². The Morgan fingerprint density at radius 3 is 1.93 bits per heavy atom. The lowest BCUT2D eigenvalue weighted by molar-refractivity contribution is -0.250. The molecule has 0 aliphatic carbocycles. The van der Waals surface area contributed by atoms with Crippen LogP contribution < -0.4 is 0 Å². The molecule has 1 rings (SSSR count). The topological polar surface area (TPSA) is 90.2 Å². The van der Waals surface area contributed by atoms with Gasteiger partial charge in [-0.05, 0) is 5.41 Å². The summed E-state index contributed by atoms with van der Waals surface area (Å²) in [6, 6.07) is 0. The van der Waals surface area contributed by atoms with Gasteiger partial charge in [0.1, 0.15) is 24.4 Å². The van der Waals surface area contributed by atoms with Crippen molar-refractivity contribution in [3.05, 3.63) is 0 Å². The Morgan fingerprint density at radius 1 is 1.00 bits per heavy atom. The van der Waals surface area contributed by atoms with Gasteiger partial charge in [-0.3, -0.25) is 0 Å². The highest BCUT2D eigenvalue weighted by molar-refractivity contribution is 4.96. The molecule has 1 heterocycles. The summed E-state index contributed by atoms with van der Waals surface area (Å²) in [6.45, 7) is 5.21. The molecule has 0 saturated carbocycles. The average molecular weight is 220 g/mol. The van der Waals surface area contributed by atoms with Crippen molar-refractivity contribution in [1.29, 1.82) is 0 Å². The molecule has 90 valence electrons. The Labute approximate surface area is 89.3 Å². The van der Waals surface area contributed by atoms with Gasteiger partial charge < -0.3 is 25.2 Å². The number of hydrogen-bond acceptors (Lipinski definition) is 5. The Bertz CT molecular complexity index is 210. The molecule has 0 aromatic carbocycles. The van der Waals surface area contributed by atoms with Gasteiger partial charge in [0, 0.05) is 0 Å². The Kier molecular flexibility index (Phi) is 3.73. The van der Waals surface area contributed by atoms with Crippen molar-refractivity contribution in [2.45, 2.75) is 51.3 Å². The minimum atomic E-state index is -1.28. The molecule has 4 unspecified atom stereocenters. The number of ether oxygens (including phenoxy) is 1. The van der Waals surface area contributed by atoms with Crippen LogP contribution in [0, 0.1) is 5.41 Å². The van der Waals surface area contributed by atoms with Gasteiger partial charge in [0.15, 0.2) is 0 Å². The van der Waals surface area contributed by atoms with E-state index in [1.54, 1.807) is 0 Å². The minimum Gasteiger partial charge on any atom is -0.394 e. The van der Waals surface area contributed by atoms with Gasteiger partial charge in [-0.2, -0.15) is 0 Å². The van der Waals surface area contributed by atoms with Gasteiger partial charge >= 0.3 is 0 Å². The molecular formula is C10H20O5. The summed E-state index contributed by atoms with van der Waals surface area (Å²) in [7, 11) is 0. The molecule has 1 fully saturated rings. The van der Waals surface area contributed by atoms with E-state index in [-0.39, 0.29) is 12.0 Å². The van der Waals surface area contributed by atoms with Crippen molar-refractivity contribution < 1.29 is 25.2 Å². The maximum absolute atomic E-state index is 9.74. The maximum atomic E-state index is 9.74. The van der Waals surface area contributed by atoms with Crippen LogP contribution in [0.3, 0.4) is 0 Å². The van der Waals surface area contributed by atoms with Gasteiger partial charge in [0.25, 0.3) is 0 Å². The van der Waals surface area contributed by atoms with Crippen LogP contribution in [0.5, 0.6) is 0 Å². The largest absolute Gasteiger partial charge is 0.394 e. The standard InChI is InChI=1S/C10H20O5/c1-10(2,3)9-8(14)7(13)6(12)5(4-11)15-9/h5-9,11-14H,4H2,1-3H3/t5?,6?,7?,8?,9-/m0/s1. The lowest BCUT2D eigenvalue weighted by atomic mass is 9.80. The van der Waals surface area contributed by atoms with Crippen LogP contribution in [0.4, 0.5) is 0 Å². The highest BCUT2D eigenvalue weighted by atomic mass is 16.5. The van der Waals surface area contributed by atoms with E-state index in [9.17, 15) is 15.3 Å². The summed E-state index contributed by atoms with van der Waals surface area (Å²) >= 11 is 0. The van der Waals surface area contributed by atoms with Crippen LogP contribution in [0.1, 0.15) is 20.8 Å². The Morgan fingerprint density at radius 2 is 1.53 bits per heavy atom. The first-order valence-electron chi connectivity index (χ1n) is 5.09. The van der Waals surface area contributed by atoms with E-state index in [2.05, 4.69) is 0 Å². The lowest BCUT2D eigenvalue weighted by Crippen LogP contribution is -2.61. The van der Waals surface area contributed by atoms with E-state index in [1.165, 1.54) is 0 Å².